The van der Waals surface area contributed by atoms with Crippen LogP contribution in [0.1, 0.15) is 6.42 Å². The van der Waals surface area contributed by atoms with Crippen molar-refractivity contribution in [2.24, 2.45) is 0 Å². The molecule has 2 aliphatic rings. The van der Waals surface area contributed by atoms with E-state index in [0.717, 1.165) is 9.32 Å². The number of hydrogen-bond acceptors (Lipinski definition) is 4. The Kier molecular flexibility index (Phi) is 4.46. The molecule has 0 aromatic heterocycles. The molecule has 1 amide bonds. The number of nitrogens with one attached hydrogen (secondary N) is 1. The van der Waals surface area contributed by atoms with Crippen LogP contribution in [0, 0.1) is 3.57 Å². The second-order valence-electron chi connectivity index (χ2n) is 5.03. The van der Waals surface area contributed by atoms with Gasteiger partial charge < -0.3 is 19.9 Å². The van der Waals surface area contributed by atoms with Gasteiger partial charge in [-0.3, -0.25) is 4.79 Å². The minimum absolute atomic E-state index is 0.0374. The number of hydrogen-bond donors (Lipinski definition) is 2. The molecule has 1 heterocycles. The minimum atomic E-state index is -0.241. The first kappa shape index (κ1) is 14.8. The highest BCUT2D eigenvalue weighted by Gasteiger charge is 2.49. The number of para-hydroxylation sites is 1. The number of ether oxygens (including phenoxy) is 2. The standard InChI is InChI=1S/C15H16INO4/c16-10-3-1-2-4-11(10)20-12-7-9(8-13-14(12)21-13)15(19)17-5-6-18/h1-4,7,12-14,18H,5-6,8H2,(H,17,19). The molecule has 3 rings (SSSR count). The normalized spacial score (nSPS) is 26.6. The number of fused-ring (bicyclic) bond motifs is 1. The number of benzene rings is 1. The van der Waals surface area contributed by atoms with Gasteiger partial charge >= 0.3 is 0 Å². The molecule has 5 nitrogen and oxygen atoms in total. The predicted molar refractivity (Wildman–Crippen MR) is 85.0 cm³/mol. The molecule has 1 fully saturated rings. The Morgan fingerprint density at radius 3 is 3.05 bits per heavy atom. The van der Waals surface area contributed by atoms with Crippen LogP contribution in [-0.4, -0.2) is 42.5 Å². The molecule has 21 heavy (non-hydrogen) atoms. The molecule has 6 heteroatoms. The van der Waals surface area contributed by atoms with Crippen molar-refractivity contribution in [3.8, 4) is 5.75 Å². The summed E-state index contributed by atoms with van der Waals surface area (Å²) in [6.45, 7) is 0.191. The third-order valence-electron chi connectivity index (χ3n) is 3.52. The van der Waals surface area contributed by atoms with E-state index in [1.54, 1.807) is 0 Å². The SMILES string of the molecule is O=C(NCCO)C1=CC(Oc2ccccc2I)C2OC2C1. The van der Waals surface area contributed by atoms with E-state index >= 15 is 0 Å². The van der Waals surface area contributed by atoms with Crippen molar-refractivity contribution in [1.29, 1.82) is 0 Å². The number of amides is 1. The highest BCUT2D eigenvalue weighted by molar-refractivity contribution is 14.1. The fourth-order valence-electron chi connectivity index (χ4n) is 2.43. The predicted octanol–water partition coefficient (Wildman–Crippen LogP) is 1.24. The van der Waals surface area contributed by atoms with Gasteiger partial charge in [-0.25, -0.2) is 0 Å². The fraction of sp³-hybridized carbons (Fsp3) is 0.400. The van der Waals surface area contributed by atoms with Crippen molar-refractivity contribution in [3.05, 3.63) is 39.5 Å². The van der Waals surface area contributed by atoms with Crippen LogP contribution in [0.15, 0.2) is 35.9 Å². The lowest BCUT2D eigenvalue weighted by Crippen LogP contribution is -2.33. The number of carbonyl (C=O) groups excluding carboxylic acids is 1. The van der Waals surface area contributed by atoms with Gasteiger partial charge in [0.15, 0.2) is 0 Å². The molecule has 1 aromatic rings. The van der Waals surface area contributed by atoms with Crippen LogP contribution in [0.5, 0.6) is 5.75 Å². The van der Waals surface area contributed by atoms with Gasteiger partial charge in [0.05, 0.1) is 16.3 Å². The fourth-order valence-corrected chi connectivity index (χ4v) is 2.94. The molecular weight excluding hydrogens is 385 g/mol. The van der Waals surface area contributed by atoms with Crippen LogP contribution in [0.4, 0.5) is 0 Å². The number of halogens is 1. The van der Waals surface area contributed by atoms with Crippen molar-refractivity contribution in [2.75, 3.05) is 13.2 Å². The highest BCUT2D eigenvalue weighted by atomic mass is 127. The summed E-state index contributed by atoms with van der Waals surface area (Å²) in [7, 11) is 0. The summed E-state index contributed by atoms with van der Waals surface area (Å²) in [5.74, 6) is 0.639. The summed E-state index contributed by atoms with van der Waals surface area (Å²) in [5, 5.41) is 11.4. The summed E-state index contributed by atoms with van der Waals surface area (Å²) >= 11 is 2.22. The maximum absolute atomic E-state index is 12.0. The van der Waals surface area contributed by atoms with Crippen LogP contribution in [0.25, 0.3) is 0 Å². The lowest BCUT2D eigenvalue weighted by atomic mass is 9.96. The van der Waals surface area contributed by atoms with E-state index in [0.29, 0.717) is 12.0 Å². The van der Waals surface area contributed by atoms with Crippen molar-refractivity contribution < 1.29 is 19.4 Å². The molecule has 0 bridgehead atoms. The molecule has 0 radical (unpaired) electrons. The first-order valence-electron chi connectivity index (χ1n) is 6.85. The van der Waals surface area contributed by atoms with Crippen LogP contribution in [0.3, 0.4) is 0 Å². The van der Waals surface area contributed by atoms with Crippen molar-refractivity contribution in [2.45, 2.75) is 24.7 Å². The quantitative estimate of drug-likeness (QED) is 0.576. The zero-order valence-corrected chi connectivity index (χ0v) is 13.4. The molecule has 1 aromatic carbocycles. The zero-order chi connectivity index (χ0) is 14.8. The van der Waals surface area contributed by atoms with Crippen LogP contribution < -0.4 is 10.1 Å². The number of carbonyl (C=O) groups is 1. The Hall–Kier alpha value is -1.12. The topological polar surface area (TPSA) is 71.1 Å². The zero-order valence-electron chi connectivity index (χ0n) is 11.3. The Morgan fingerprint density at radius 2 is 2.29 bits per heavy atom. The first-order chi connectivity index (χ1) is 10.2. The van der Waals surface area contributed by atoms with E-state index in [1.807, 2.05) is 30.3 Å². The lowest BCUT2D eigenvalue weighted by molar-refractivity contribution is -0.117. The number of aliphatic hydroxyl groups excluding tert-OH is 1. The van der Waals surface area contributed by atoms with Crippen LogP contribution in [-0.2, 0) is 9.53 Å². The molecule has 112 valence electrons. The highest BCUT2D eigenvalue weighted by Crippen LogP contribution is 2.38. The maximum Gasteiger partial charge on any atom is 0.247 e. The van der Waals surface area contributed by atoms with E-state index < -0.39 is 0 Å². The Bertz CT molecular complexity index is 575. The average Bonchev–Trinajstić information content (AvgIpc) is 3.26. The van der Waals surface area contributed by atoms with E-state index in [1.165, 1.54) is 0 Å². The summed E-state index contributed by atoms with van der Waals surface area (Å²) < 4.78 is 12.6. The Morgan fingerprint density at radius 1 is 1.48 bits per heavy atom. The average molecular weight is 401 g/mol. The van der Waals surface area contributed by atoms with E-state index in [-0.39, 0.29) is 37.4 Å². The molecule has 0 saturated carbocycles. The third-order valence-corrected chi connectivity index (χ3v) is 4.41. The third kappa shape index (κ3) is 3.38. The number of aliphatic hydroxyl groups is 1. The molecule has 3 unspecified atom stereocenters. The first-order valence-corrected chi connectivity index (χ1v) is 7.93. The van der Waals surface area contributed by atoms with Gasteiger partial charge in [-0.05, 0) is 40.8 Å². The summed E-state index contributed by atoms with van der Waals surface area (Å²) in [6.07, 6.45) is 2.30. The number of epoxide rings is 1. The van der Waals surface area contributed by atoms with Gasteiger partial charge in [0.2, 0.25) is 5.91 Å². The lowest BCUT2D eigenvalue weighted by Gasteiger charge is -2.20. The largest absolute Gasteiger partial charge is 0.482 e. The summed E-state index contributed by atoms with van der Waals surface area (Å²) in [4.78, 5) is 12.0. The van der Waals surface area contributed by atoms with E-state index in [2.05, 4.69) is 27.9 Å². The summed E-state index contributed by atoms with van der Waals surface area (Å²) in [6, 6.07) is 7.76. The van der Waals surface area contributed by atoms with Gasteiger partial charge in [0.1, 0.15) is 18.0 Å². The second-order valence-corrected chi connectivity index (χ2v) is 6.19. The Labute approximate surface area is 136 Å². The van der Waals surface area contributed by atoms with Crippen LogP contribution in [0.2, 0.25) is 0 Å². The molecule has 1 aliphatic carbocycles. The molecule has 1 saturated heterocycles. The second kappa shape index (κ2) is 6.33. The van der Waals surface area contributed by atoms with E-state index in [9.17, 15) is 4.79 Å². The van der Waals surface area contributed by atoms with Gasteiger partial charge in [0, 0.05) is 18.5 Å². The van der Waals surface area contributed by atoms with Crippen LogP contribution >= 0.6 is 22.6 Å². The van der Waals surface area contributed by atoms with Gasteiger partial charge in [-0.15, -0.1) is 0 Å². The van der Waals surface area contributed by atoms with Gasteiger partial charge in [0.25, 0.3) is 0 Å². The molecule has 3 atom stereocenters. The van der Waals surface area contributed by atoms with Crippen molar-refractivity contribution in [1.82, 2.24) is 5.32 Å². The maximum atomic E-state index is 12.0. The van der Waals surface area contributed by atoms with Crippen molar-refractivity contribution in [3.63, 3.8) is 0 Å². The van der Waals surface area contributed by atoms with Gasteiger partial charge in [-0.2, -0.15) is 0 Å². The molecule has 1 aliphatic heterocycles. The minimum Gasteiger partial charge on any atom is -0.482 e. The van der Waals surface area contributed by atoms with E-state index in [4.69, 9.17) is 14.6 Å². The molecule has 2 N–H and O–H groups in total. The summed E-state index contributed by atoms with van der Waals surface area (Å²) in [5.41, 5.74) is 0.665. The number of rotatable bonds is 5. The van der Waals surface area contributed by atoms with Gasteiger partial charge in [-0.1, -0.05) is 12.1 Å². The molecular formula is C15H16INO4. The van der Waals surface area contributed by atoms with Crippen molar-refractivity contribution >= 4 is 28.5 Å². The Balaban J connectivity index is 1.72. The smallest absolute Gasteiger partial charge is 0.247 e. The monoisotopic (exact) mass is 401 g/mol. The molecule has 0 spiro atoms.